The highest BCUT2D eigenvalue weighted by Gasteiger charge is 2.24. The van der Waals surface area contributed by atoms with Crippen molar-refractivity contribution in [3.63, 3.8) is 0 Å². The van der Waals surface area contributed by atoms with Crippen LogP contribution < -0.4 is 5.32 Å². The van der Waals surface area contributed by atoms with Gasteiger partial charge >= 0.3 is 0 Å². The Hall–Kier alpha value is -1.91. The molecule has 0 fully saturated rings. The van der Waals surface area contributed by atoms with Gasteiger partial charge in [-0.05, 0) is 42.4 Å². The first-order chi connectivity index (χ1) is 10.2. The summed E-state index contributed by atoms with van der Waals surface area (Å²) in [4.78, 5) is 0. The number of thioether (sulfide) groups is 1. The predicted octanol–water partition coefficient (Wildman–Crippen LogP) is 2.04. The summed E-state index contributed by atoms with van der Waals surface area (Å²) in [6.45, 7) is 4.79. The molecule has 1 unspecified atom stereocenters. The van der Waals surface area contributed by atoms with Crippen molar-refractivity contribution >= 4 is 11.8 Å². The van der Waals surface area contributed by atoms with Crippen LogP contribution in [0.5, 0.6) is 0 Å². The van der Waals surface area contributed by atoms with Crippen molar-refractivity contribution in [2.45, 2.75) is 31.0 Å². The molecule has 1 N–H and O–H groups in total. The van der Waals surface area contributed by atoms with E-state index >= 15 is 0 Å². The molecule has 0 spiro atoms. The summed E-state index contributed by atoms with van der Waals surface area (Å²) in [6, 6.07) is 12.0. The summed E-state index contributed by atoms with van der Waals surface area (Å²) < 4.78 is 1.68. The van der Waals surface area contributed by atoms with E-state index in [2.05, 4.69) is 33.8 Å². The minimum Gasteiger partial charge on any atom is -0.299 e. The number of para-hydroxylation sites is 1. The standard InChI is InChI=1S/C14H18N6S/c1-3-9-16-14(2,10-15)11-21-13-17-18-19-20(13)12-7-5-4-6-8-12/h4-8,16H,3,9,11H2,1-2H3. The van der Waals surface area contributed by atoms with E-state index in [1.807, 2.05) is 37.3 Å². The van der Waals surface area contributed by atoms with E-state index in [9.17, 15) is 5.26 Å². The predicted molar refractivity (Wildman–Crippen MR) is 82.2 cm³/mol. The van der Waals surface area contributed by atoms with Crippen molar-refractivity contribution in [3.05, 3.63) is 30.3 Å². The summed E-state index contributed by atoms with van der Waals surface area (Å²) in [6.07, 6.45) is 0.990. The number of benzene rings is 1. The maximum absolute atomic E-state index is 9.34. The van der Waals surface area contributed by atoms with Crippen LogP contribution in [0.4, 0.5) is 0 Å². The minimum atomic E-state index is -0.589. The number of tetrazole rings is 1. The van der Waals surface area contributed by atoms with Gasteiger partial charge < -0.3 is 0 Å². The van der Waals surface area contributed by atoms with Gasteiger partial charge in [-0.1, -0.05) is 36.9 Å². The highest BCUT2D eigenvalue weighted by molar-refractivity contribution is 7.99. The normalized spacial score (nSPS) is 13.6. The Morgan fingerprint density at radius 3 is 2.81 bits per heavy atom. The van der Waals surface area contributed by atoms with Crippen LogP contribution in [-0.4, -0.2) is 38.0 Å². The van der Waals surface area contributed by atoms with Gasteiger partial charge in [-0.3, -0.25) is 5.32 Å². The molecular formula is C14H18N6S. The molecule has 1 aromatic carbocycles. The molecule has 2 aromatic rings. The van der Waals surface area contributed by atoms with Crippen LogP contribution in [0.1, 0.15) is 20.3 Å². The maximum atomic E-state index is 9.34. The Bertz CT molecular complexity index is 605. The molecule has 0 saturated heterocycles. The first kappa shape index (κ1) is 15.5. The molecule has 1 atom stereocenters. The van der Waals surface area contributed by atoms with E-state index in [1.165, 1.54) is 11.8 Å². The van der Waals surface area contributed by atoms with Crippen molar-refractivity contribution in [1.82, 2.24) is 25.5 Å². The highest BCUT2D eigenvalue weighted by atomic mass is 32.2. The van der Waals surface area contributed by atoms with Gasteiger partial charge in [-0.15, -0.1) is 5.10 Å². The van der Waals surface area contributed by atoms with Crippen molar-refractivity contribution < 1.29 is 0 Å². The fourth-order valence-corrected chi connectivity index (χ4v) is 2.68. The number of hydrogen-bond donors (Lipinski definition) is 1. The number of nitrogens with one attached hydrogen (secondary N) is 1. The quantitative estimate of drug-likeness (QED) is 0.788. The Morgan fingerprint density at radius 1 is 1.38 bits per heavy atom. The summed E-state index contributed by atoms with van der Waals surface area (Å²) in [7, 11) is 0. The minimum absolute atomic E-state index is 0.580. The highest BCUT2D eigenvalue weighted by Crippen LogP contribution is 2.22. The van der Waals surface area contributed by atoms with Crippen molar-refractivity contribution in [2.24, 2.45) is 0 Å². The zero-order valence-corrected chi connectivity index (χ0v) is 13.0. The zero-order valence-electron chi connectivity index (χ0n) is 12.2. The Balaban J connectivity index is 2.08. The van der Waals surface area contributed by atoms with Gasteiger partial charge in [-0.25, -0.2) is 0 Å². The number of aromatic nitrogens is 4. The van der Waals surface area contributed by atoms with Crippen molar-refractivity contribution in [1.29, 1.82) is 5.26 Å². The average Bonchev–Trinajstić information content (AvgIpc) is 3.00. The molecule has 1 aromatic heterocycles. The van der Waals surface area contributed by atoms with Crippen LogP contribution >= 0.6 is 11.8 Å². The Morgan fingerprint density at radius 2 is 2.14 bits per heavy atom. The second-order valence-electron chi connectivity index (χ2n) is 4.87. The summed E-state index contributed by atoms with van der Waals surface area (Å²) in [5.74, 6) is 0.580. The van der Waals surface area contributed by atoms with E-state index < -0.39 is 5.54 Å². The van der Waals surface area contributed by atoms with Gasteiger partial charge in [0, 0.05) is 5.75 Å². The van der Waals surface area contributed by atoms with E-state index in [1.54, 1.807) is 4.68 Å². The SMILES string of the molecule is CCCNC(C)(C#N)CSc1nnnn1-c1ccccc1. The zero-order chi connectivity index (χ0) is 15.1. The molecule has 0 aliphatic rings. The van der Waals surface area contributed by atoms with E-state index in [0.717, 1.165) is 18.7 Å². The number of nitrogens with zero attached hydrogens (tertiary/aromatic N) is 5. The number of hydrogen-bond acceptors (Lipinski definition) is 6. The molecule has 21 heavy (non-hydrogen) atoms. The first-order valence-corrected chi connectivity index (χ1v) is 7.80. The van der Waals surface area contributed by atoms with Gasteiger partial charge in [0.25, 0.3) is 0 Å². The smallest absolute Gasteiger partial charge is 0.214 e. The lowest BCUT2D eigenvalue weighted by Gasteiger charge is -2.22. The summed E-state index contributed by atoms with van der Waals surface area (Å²) >= 11 is 1.47. The topological polar surface area (TPSA) is 79.4 Å². The summed E-state index contributed by atoms with van der Waals surface area (Å²) in [5.41, 5.74) is 0.318. The van der Waals surface area contributed by atoms with E-state index in [4.69, 9.17) is 0 Å². The molecule has 0 aliphatic carbocycles. The second kappa shape index (κ2) is 7.20. The average molecular weight is 302 g/mol. The van der Waals surface area contributed by atoms with Crippen LogP contribution in [0.3, 0.4) is 0 Å². The molecule has 0 aliphatic heterocycles. The molecule has 0 radical (unpaired) electrons. The molecule has 6 nitrogen and oxygen atoms in total. The van der Waals surface area contributed by atoms with E-state index in [-0.39, 0.29) is 0 Å². The second-order valence-corrected chi connectivity index (χ2v) is 5.81. The van der Waals surface area contributed by atoms with Gasteiger partial charge in [0.15, 0.2) is 0 Å². The van der Waals surface area contributed by atoms with E-state index in [0.29, 0.717) is 10.9 Å². The Kier molecular flexibility index (Phi) is 5.31. The molecule has 110 valence electrons. The fraction of sp³-hybridized carbons (Fsp3) is 0.429. The maximum Gasteiger partial charge on any atom is 0.214 e. The largest absolute Gasteiger partial charge is 0.299 e. The first-order valence-electron chi connectivity index (χ1n) is 6.81. The molecule has 1 heterocycles. The molecule has 7 heteroatoms. The molecule has 0 saturated carbocycles. The van der Waals surface area contributed by atoms with Crippen LogP contribution in [-0.2, 0) is 0 Å². The molecule has 0 amide bonds. The molecule has 2 rings (SSSR count). The number of nitriles is 1. The molecule has 0 bridgehead atoms. The van der Waals surface area contributed by atoms with Gasteiger partial charge in [0.1, 0.15) is 5.54 Å². The Labute approximate surface area is 128 Å². The number of rotatable bonds is 7. The van der Waals surface area contributed by atoms with Crippen LogP contribution in [0.15, 0.2) is 35.5 Å². The van der Waals surface area contributed by atoms with Crippen LogP contribution in [0.25, 0.3) is 5.69 Å². The summed E-state index contributed by atoms with van der Waals surface area (Å²) in [5, 5.41) is 25.1. The third-order valence-corrected chi connectivity index (χ3v) is 4.18. The van der Waals surface area contributed by atoms with Crippen LogP contribution in [0.2, 0.25) is 0 Å². The van der Waals surface area contributed by atoms with Crippen molar-refractivity contribution in [2.75, 3.05) is 12.3 Å². The van der Waals surface area contributed by atoms with Gasteiger partial charge in [0.05, 0.1) is 11.8 Å². The van der Waals surface area contributed by atoms with Gasteiger partial charge in [0.2, 0.25) is 5.16 Å². The monoisotopic (exact) mass is 302 g/mol. The van der Waals surface area contributed by atoms with Gasteiger partial charge in [-0.2, -0.15) is 9.94 Å². The third kappa shape index (κ3) is 4.03. The third-order valence-electron chi connectivity index (χ3n) is 2.94. The van der Waals surface area contributed by atoms with Crippen molar-refractivity contribution in [3.8, 4) is 11.8 Å². The lowest BCUT2D eigenvalue weighted by molar-refractivity contribution is 0.493. The molecular weight excluding hydrogens is 284 g/mol. The fourth-order valence-electron chi connectivity index (χ4n) is 1.73. The lowest BCUT2D eigenvalue weighted by Crippen LogP contribution is -2.43. The lowest BCUT2D eigenvalue weighted by atomic mass is 10.1. The van der Waals surface area contributed by atoms with Crippen LogP contribution in [0, 0.1) is 11.3 Å².